The van der Waals surface area contributed by atoms with Gasteiger partial charge in [-0.25, -0.2) is 30.8 Å². The van der Waals surface area contributed by atoms with Gasteiger partial charge in [0, 0.05) is 23.3 Å². The number of nitrogens with one attached hydrogen (secondary N) is 2. The number of hydrogen-bond acceptors (Lipinski definition) is 13. The van der Waals surface area contributed by atoms with Crippen molar-refractivity contribution in [2.75, 3.05) is 29.4 Å². The summed E-state index contributed by atoms with van der Waals surface area (Å²) in [5.74, 6) is -4.49. The maximum atomic E-state index is 14.3. The molecule has 6 N–H and O–H groups in total. The van der Waals surface area contributed by atoms with Gasteiger partial charge in [-0.1, -0.05) is 35.3 Å². The molecule has 2 aromatic heterocycles. The number of anilines is 3. The number of methoxy groups -OCH3 is 2. The van der Waals surface area contributed by atoms with Crippen LogP contribution < -0.4 is 29.4 Å². The van der Waals surface area contributed by atoms with Gasteiger partial charge >= 0.3 is 11.9 Å². The second-order valence-electron chi connectivity index (χ2n) is 11.7. The summed E-state index contributed by atoms with van der Waals surface area (Å²) < 4.78 is 87.4. The molecule has 0 aliphatic heterocycles. The van der Waals surface area contributed by atoms with Crippen molar-refractivity contribution in [3.8, 4) is 45.3 Å². The van der Waals surface area contributed by atoms with E-state index in [0.29, 0.717) is 33.9 Å². The van der Waals surface area contributed by atoms with E-state index in [1.54, 1.807) is 18.2 Å². The number of carboxylic acid groups (broad SMARTS) is 1. The highest BCUT2D eigenvalue weighted by molar-refractivity contribution is 7.95. The second-order valence-corrected chi connectivity index (χ2v) is 18.8. The number of aromatic hydroxyl groups is 1. The number of nitrogen functional groups attached to an aromatic ring is 1. The zero-order valence-corrected chi connectivity index (χ0v) is 33.8. The molecular formula is C36H26Cl2FN3O11S4. The molecule has 0 bridgehead atoms. The summed E-state index contributed by atoms with van der Waals surface area (Å²) in [5.41, 5.74) is 6.29. The molecule has 0 aliphatic rings. The molecule has 0 spiro atoms. The maximum Gasteiger partial charge on any atom is 0.347 e. The number of halogens is 3. The zero-order valence-electron chi connectivity index (χ0n) is 29.0. The number of rotatable bonds is 13. The summed E-state index contributed by atoms with van der Waals surface area (Å²) in [6.07, 6.45) is 0. The third kappa shape index (κ3) is 8.73. The molecule has 6 rings (SSSR count). The number of carbonyl (C=O) groups excluding carboxylic acids is 1. The van der Waals surface area contributed by atoms with Gasteiger partial charge in [0.2, 0.25) is 0 Å². The van der Waals surface area contributed by atoms with Crippen LogP contribution >= 0.6 is 45.9 Å². The van der Waals surface area contributed by atoms with Crippen LogP contribution in [0.15, 0.2) is 93.3 Å². The van der Waals surface area contributed by atoms with Crippen LogP contribution in [-0.4, -0.2) is 53.2 Å². The lowest BCUT2D eigenvalue weighted by Crippen LogP contribution is -2.15. The first kappa shape index (κ1) is 41.1. The highest BCUT2D eigenvalue weighted by atomic mass is 35.5. The van der Waals surface area contributed by atoms with E-state index in [2.05, 4.69) is 9.44 Å². The first-order chi connectivity index (χ1) is 26.9. The van der Waals surface area contributed by atoms with Crippen molar-refractivity contribution in [2.45, 2.75) is 8.42 Å². The van der Waals surface area contributed by atoms with E-state index in [9.17, 15) is 41.0 Å². The minimum Gasteiger partial charge on any atom is -0.507 e. The Hall–Kier alpha value is -5.57. The number of phenols is 1. The quantitative estimate of drug-likeness (QED) is 0.0419. The van der Waals surface area contributed by atoms with Gasteiger partial charge < -0.3 is 30.2 Å². The maximum absolute atomic E-state index is 14.3. The van der Waals surface area contributed by atoms with E-state index in [4.69, 9.17) is 43.1 Å². The van der Waals surface area contributed by atoms with Gasteiger partial charge in [-0.15, -0.1) is 22.7 Å². The molecule has 14 nitrogen and oxygen atoms in total. The Morgan fingerprint density at radius 3 is 1.75 bits per heavy atom. The highest BCUT2D eigenvalue weighted by Crippen LogP contribution is 2.42. The molecule has 57 heavy (non-hydrogen) atoms. The number of ether oxygens (including phenoxy) is 3. The topological polar surface area (TPSA) is 221 Å². The van der Waals surface area contributed by atoms with Crippen LogP contribution in [0.25, 0.3) is 22.3 Å². The fourth-order valence-corrected chi connectivity index (χ4v) is 10.9. The second kappa shape index (κ2) is 16.1. The summed E-state index contributed by atoms with van der Waals surface area (Å²) in [4.78, 5) is 25.2. The number of benzene rings is 4. The predicted molar refractivity (Wildman–Crippen MR) is 215 cm³/mol. The van der Waals surface area contributed by atoms with Crippen LogP contribution in [0.4, 0.5) is 21.5 Å². The first-order valence-corrected chi connectivity index (χ1v) is 21.1. The molecule has 0 saturated heterocycles. The monoisotopic (exact) mass is 893 g/mol. The SMILES string of the molecule is COc1cc(-c2cc(S(=O)(=O)Nc3ccc(C(=O)Oc4cc(NS(=O)(=O)c5cc(-c6ccc(OC)c(F)c6)c(Cl)s5)ccc4C(=O)O)c(O)c3)sc2Cl)ccc1N. The highest BCUT2D eigenvalue weighted by Gasteiger charge is 2.26. The number of sulfonamides is 2. The van der Waals surface area contributed by atoms with Crippen LogP contribution in [0.2, 0.25) is 8.67 Å². The third-order valence-corrected chi connectivity index (χ3v) is 14.4. The molecule has 0 fully saturated rings. The van der Waals surface area contributed by atoms with Crippen molar-refractivity contribution in [2.24, 2.45) is 0 Å². The van der Waals surface area contributed by atoms with Crippen molar-refractivity contribution in [3.05, 3.63) is 111 Å². The number of esters is 1. The lowest BCUT2D eigenvalue weighted by Gasteiger charge is -2.12. The van der Waals surface area contributed by atoms with E-state index in [-0.39, 0.29) is 45.3 Å². The number of carboxylic acids is 1. The van der Waals surface area contributed by atoms with Gasteiger partial charge in [0.25, 0.3) is 20.0 Å². The number of aromatic carboxylic acids is 1. The minimum absolute atomic E-state index is 0.0239. The number of carbonyl (C=O) groups is 2. The standard InChI is InChI=1S/C36H26Cl2FN3O11S4/c1-51-28-10-4-17(11-25(28)39)23-15-31(54-33(23)37)57(49,50)42-20-6-8-22(35(44)45)29(14-20)53-36(46)21-7-5-19(13-27(21)43)41-56(47,48)32-16-24(34(38)55-32)18-3-9-26(40)30(12-18)52-2/h3-16,41-43H,40H2,1-2H3,(H,44,45). The average molecular weight is 895 g/mol. The first-order valence-electron chi connectivity index (χ1n) is 15.8. The van der Waals surface area contributed by atoms with Crippen LogP contribution in [0.1, 0.15) is 20.7 Å². The summed E-state index contributed by atoms with van der Waals surface area (Å²) in [5, 5.41) is 20.5. The Labute approximate surface area is 341 Å². The molecule has 6 aromatic rings. The van der Waals surface area contributed by atoms with Gasteiger partial charge in [0.1, 0.15) is 45.5 Å². The lowest BCUT2D eigenvalue weighted by atomic mass is 10.1. The summed E-state index contributed by atoms with van der Waals surface area (Å²) in [7, 11) is -5.92. The Balaban J connectivity index is 1.19. The number of hydrogen-bond donors (Lipinski definition) is 5. The summed E-state index contributed by atoms with van der Waals surface area (Å²) in [6.45, 7) is 0. The van der Waals surface area contributed by atoms with Crippen molar-refractivity contribution in [1.29, 1.82) is 0 Å². The van der Waals surface area contributed by atoms with Crippen molar-refractivity contribution in [3.63, 3.8) is 0 Å². The van der Waals surface area contributed by atoms with Gasteiger partial charge in [0.15, 0.2) is 11.6 Å². The van der Waals surface area contributed by atoms with Gasteiger partial charge in [-0.05, 0) is 71.8 Å². The largest absolute Gasteiger partial charge is 0.507 e. The smallest absolute Gasteiger partial charge is 0.347 e. The van der Waals surface area contributed by atoms with E-state index in [0.717, 1.165) is 53.8 Å². The lowest BCUT2D eigenvalue weighted by molar-refractivity contribution is 0.0681. The summed E-state index contributed by atoms with van der Waals surface area (Å²) >= 11 is 14.1. The van der Waals surface area contributed by atoms with Crippen molar-refractivity contribution >= 4 is 94.9 Å². The Kier molecular flexibility index (Phi) is 11.6. The molecule has 0 amide bonds. The molecule has 0 aliphatic carbocycles. The van der Waals surface area contributed by atoms with Crippen LogP contribution in [0.5, 0.6) is 23.0 Å². The molecule has 296 valence electrons. The van der Waals surface area contributed by atoms with Crippen molar-refractivity contribution < 1.29 is 55.2 Å². The van der Waals surface area contributed by atoms with E-state index >= 15 is 0 Å². The summed E-state index contributed by atoms with van der Waals surface area (Å²) in [6, 6.07) is 17.5. The van der Waals surface area contributed by atoms with Crippen LogP contribution in [-0.2, 0) is 20.0 Å². The molecule has 21 heteroatoms. The fourth-order valence-electron chi connectivity index (χ4n) is 5.25. The van der Waals surface area contributed by atoms with Crippen LogP contribution in [0, 0.1) is 5.82 Å². The van der Waals surface area contributed by atoms with Gasteiger partial charge in [-0.2, -0.15) is 0 Å². The zero-order chi connectivity index (χ0) is 41.4. The molecule has 4 aromatic carbocycles. The fraction of sp³-hybridized carbons (Fsp3) is 0.0556. The van der Waals surface area contributed by atoms with E-state index < -0.39 is 60.4 Å². The average Bonchev–Trinajstić information content (AvgIpc) is 3.75. The minimum atomic E-state index is -4.38. The van der Waals surface area contributed by atoms with Crippen LogP contribution in [0.3, 0.4) is 0 Å². The normalized spacial score (nSPS) is 11.5. The molecule has 0 unspecified atom stereocenters. The predicted octanol–water partition coefficient (Wildman–Crippen LogP) is 8.41. The number of thiophene rings is 2. The number of nitrogens with two attached hydrogens (primary N) is 1. The Morgan fingerprint density at radius 1 is 0.702 bits per heavy atom. The Morgan fingerprint density at radius 2 is 1.23 bits per heavy atom. The molecular weight excluding hydrogens is 869 g/mol. The van der Waals surface area contributed by atoms with Crippen molar-refractivity contribution in [1.82, 2.24) is 0 Å². The van der Waals surface area contributed by atoms with E-state index in [1.807, 2.05) is 0 Å². The van der Waals surface area contributed by atoms with Gasteiger partial charge in [-0.3, -0.25) is 9.44 Å². The Bertz CT molecular complexity index is 2810. The molecule has 0 radical (unpaired) electrons. The third-order valence-electron chi connectivity index (χ3n) is 8.00. The van der Waals surface area contributed by atoms with E-state index in [1.165, 1.54) is 38.5 Å². The molecule has 2 heterocycles. The molecule has 0 atom stereocenters. The molecule has 0 saturated carbocycles. The number of phenolic OH excluding ortho intramolecular Hbond substituents is 1. The van der Waals surface area contributed by atoms with Gasteiger partial charge in [0.05, 0.1) is 31.3 Å².